The molecule has 0 amide bonds. The first-order valence-corrected chi connectivity index (χ1v) is 13.6. The molecule has 2 aromatic carbocycles. The van der Waals surface area contributed by atoms with Gasteiger partial charge < -0.3 is 14.6 Å². The number of aromatic nitrogens is 1. The van der Waals surface area contributed by atoms with Gasteiger partial charge in [-0.05, 0) is 107 Å². The van der Waals surface area contributed by atoms with Crippen molar-refractivity contribution in [3.8, 4) is 5.75 Å². The minimum absolute atomic E-state index is 0.588. The molecule has 0 aliphatic carbocycles. The molecule has 5 heteroatoms. The summed E-state index contributed by atoms with van der Waals surface area (Å²) in [7, 11) is 0. The van der Waals surface area contributed by atoms with Crippen LogP contribution in [0.5, 0.6) is 5.75 Å². The number of aryl methyl sites for hydroxylation is 1. The van der Waals surface area contributed by atoms with Gasteiger partial charge in [-0.25, -0.2) is 0 Å². The fraction of sp³-hybridized carbons (Fsp3) is 0.517. The van der Waals surface area contributed by atoms with Gasteiger partial charge in [0.2, 0.25) is 0 Å². The molecule has 0 saturated carbocycles. The second-order valence-electron chi connectivity index (χ2n) is 10.0. The summed E-state index contributed by atoms with van der Waals surface area (Å²) in [5.74, 6) is 1.69. The Balaban J connectivity index is 1.41. The smallest absolute Gasteiger partial charge is 0.129 e. The number of hydrogen-bond donors (Lipinski definition) is 1. The van der Waals surface area contributed by atoms with E-state index in [2.05, 4.69) is 39.0 Å². The van der Waals surface area contributed by atoms with Crippen molar-refractivity contribution in [3.05, 3.63) is 64.8 Å². The number of nitrogens with zero attached hydrogens (tertiary/aromatic N) is 2. The summed E-state index contributed by atoms with van der Waals surface area (Å²) in [4.78, 5) is 2.63. The first-order valence-electron chi connectivity index (χ1n) is 13.2. The van der Waals surface area contributed by atoms with Gasteiger partial charge in [0, 0.05) is 29.0 Å². The van der Waals surface area contributed by atoms with Crippen molar-refractivity contribution in [2.24, 2.45) is 5.92 Å². The van der Waals surface area contributed by atoms with Gasteiger partial charge in [-0.3, -0.25) is 4.90 Å². The molecule has 0 spiro atoms. The fourth-order valence-corrected chi connectivity index (χ4v) is 5.88. The summed E-state index contributed by atoms with van der Waals surface area (Å²) < 4.78 is 8.89. The lowest BCUT2D eigenvalue weighted by Crippen LogP contribution is -2.30. The highest BCUT2D eigenvalue weighted by Gasteiger charge is 2.21. The highest BCUT2D eigenvalue weighted by Crippen LogP contribution is 2.31. The standard InChI is InChI=1S/C29H38ClN3O/c30-24-12-14-25(15-13-24)34-22-29-27(21-32-17-4-1-5-18-32)26-10-2-3-11-28(26)33(29)19-7-9-23-8-6-16-31-20-23/h2-3,10-15,23,31H,1,4-9,16-22H2. The normalized spacial score (nSPS) is 19.5. The Morgan fingerprint density at radius 2 is 1.79 bits per heavy atom. The van der Waals surface area contributed by atoms with Crippen LogP contribution in [0.1, 0.15) is 56.2 Å². The number of benzene rings is 2. The van der Waals surface area contributed by atoms with Crippen LogP contribution in [-0.4, -0.2) is 35.6 Å². The monoisotopic (exact) mass is 479 g/mol. The molecule has 2 saturated heterocycles. The van der Waals surface area contributed by atoms with E-state index < -0.39 is 0 Å². The lowest BCUT2D eigenvalue weighted by atomic mass is 9.95. The lowest BCUT2D eigenvalue weighted by molar-refractivity contribution is 0.218. The number of hydrogen-bond acceptors (Lipinski definition) is 3. The number of halogens is 1. The van der Waals surface area contributed by atoms with E-state index >= 15 is 0 Å². The second-order valence-corrected chi connectivity index (χ2v) is 10.5. The Hall–Kier alpha value is -2.01. The highest BCUT2D eigenvalue weighted by molar-refractivity contribution is 6.30. The molecule has 5 rings (SSSR count). The summed E-state index contributed by atoms with van der Waals surface area (Å²) in [6.45, 7) is 7.42. The van der Waals surface area contributed by atoms with Crippen LogP contribution in [0.3, 0.4) is 0 Å². The molecule has 1 atom stereocenters. The van der Waals surface area contributed by atoms with Crippen LogP contribution in [0.15, 0.2) is 48.5 Å². The van der Waals surface area contributed by atoms with E-state index in [-0.39, 0.29) is 0 Å². The molecule has 2 fully saturated rings. The number of para-hydroxylation sites is 1. The van der Waals surface area contributed by atoms with Crippen molar-refractivity contribution in [1.29, 1.82) is 0 Å². The van der Waals surface area contributed by atoms with Gasteiger partial charge in [-0.1, -0.05) is 36.2 Å². The largest absolute Gasteiger partial charge is 0.487 e. The van der Waals surface area contributed by atoms with Crippen LogP contribution in [0.4, 0.5) is 0 Å². The lowest BCUT2D eigenvalue weighted by Gasteiger charge is -2.27. The van der Waals surface area contributed by atoms with Crippen molar-refractivity contribution < 1.29 is 4.74 Å². The SMILES string of the molecule is Clc1ccc(OCc2c(CN3CCCCC3)c3ccccc3n2CCCC2CCCNC2)cc1. The number of piperidine rings is 2. The Bertz CT molecular complexity index is 1050. The molecule has 0 radical (unpaired) electrons. The zero-order valence-electron chi connectivity index (χ0n) is 20.3. The van der Waals surface area contributed by atoms with E-state index in [0.29, 0.717) is 6.61 Å². The van der Waals surface area contributed by atoms with Crippen LogP contribution in [0.2, 0.25) is 5.02 Å². The first kappa shape index (κ1) is 23.7. The first-order chi connectivity index (χ1) is 16.8. The molecule has 3 aromatic rings. The minimum atomic E-state index is 0.588. The topological polar surface area (TPSA) is 29.4 Å². The van der Waals surface area contributed by atoms with E-state index in [1.165, 1.54) is 93.3 Å². The van der Waals surface area contributed by atoms with Crippen molar-refractivity contribution >= 4 is 22.5 Å². The van der Waals surface area contributed by atoms with E-state index in [0.717, 1.165) is 29.8 Å². The Morgan fingerprint density at radius 1 is 0.971 bits per heavy atom. The molecule has 2 aliphatic rings. The number of rotatable bonds is 9. The summed E-state index contributed by atoms with van der Waals surface area (Å²) in [6.07, 6.45) is 9.17. The van der Waals surface area contributed by atoms with E-state index in [1.54, 1.807) is 0 Å². The molecule has 4 nitrogen and oxygen atoms in total. The zero-order chi connectivity index (χ0) is 23.2. The summed E-state index contributed by atoms with van der Waals surface area (Å²) in [5.41, 5.74) is 4.14. The molecule has 34 heavy (non-hydrogen) atoms. The van der Waals surface area contributed by atoms with Crippen molar-refractivity contribution in [1.82, 2.24) is 14.8 Å². The van der Waals surface area contributed by atoms with Gasteiger partial charge in [0.05, 0.1) is 5.69 Å². The second kappa shape index (κ2) is 11.6. The molecule has 0 bridgehead atoms. The number of fused-ring (bicyclic) bond motifs is 1. The third kappa shape index (κ3) is 5.79. The van der Waals surface area contributed by atoms with Crippen LogP contribution in [0, 0.1) is 5.92 Å². The van der Waals surface area contributed by atoms with Gasteiger partial charge in [-0.15, -0.1) is 0 Å². The molecular weight excluding hydrogens is 442 g/mol. The van der Waals surface area contributed by atoms with E-state index in [4.69, 9.17) is 16.3 Å². The summed E-state index contributed by atoms with van der Waals surface area (Å²) in [6, 6.07) is 16.7. The molecule has 182 valence electrons. The van der Waals surface area contributed by atoms with Gasteiger partial charge >= 0.3 is 0 Å². The third-order valence-corrected chi connectivity index (χ3v) is 7.86. The molecule has 1 N–H and O–H groups in total. The zero-order valence-corrected chi connectivity index (χ0v) is 21.0. The minimum Gasteiger partial charge on any atom is -0.487 e. The molecule has 1 aromatic heterocycles. The Morgan fingerprint density at radius 3 is 2.59 bits per heavy atom. The average molecular weight is 480 g/mol. The van der Waals surface area contributed by atoms with Gasteiger partial charge in [0.1, 0.15) is 12.4 Å². The van der Waals surface area contributed by atoms with Crippen LogP contribution >= 0.6 is 11.6 Å². The van der Waals surface area contributed by atoms with Gasteiger partial charge in [0.15, 0.2) is 0 Å². The van der Waals surface area contributed by atoms with Gasteiger partial charge in [-0.2, -0.15) is 0 Å². The summed E-state index contributed by atoms with van der Waals surface area (Å²) in [5, 5.41) is 5.71. The number of nitrogens with one attached hydrogen (secondary N) is 1. The maximum absolute atomic E-state index is 6.34. The maximum atomic E-state index is 6.34. The van der Waals surface area contributed by atoms with Crippen molar-refractivity contribution in [2.75, 3.05) is 26.2 Å². The maximum Gasteiger partial charge on any atom is 0.129 e. The Kier molecular flexibility index (Phi) is 8.10. The van der Waals surface area contributed by atoms with Gasteiger partial charge in [0.25, 0.3) is 0 Å². The van der Waals surface area contributed by atoms with Crippen molar-refractivity contribution in [3.63, 3.8) is 0 Å². The third-order valence-electron chi connectivity index (χ3n) is 7.61. The van der Waals surface area contributed by atoms with Crippen LogP contribution in [-0.2, 0) is 19.7 Å². The van der Waals surface area contributed by atoms with E-state index in [9.17, 15) is 0 Å². The molecule has 1 unspecified atom stereocenters. The fourth-order valence-electron chi connectivity index (χ4n) is 5.76. The average Bonchev–Trinajstić information content (AvgIpc) is 3.17. The predicted octanol–water partition coefficient (Wildman–Crippen LogP) is 6.64. The number of ether oxygens (including phenoxy) is 1. The quantitative estimate of drug-likeness (QED) is 0.373. The molecular formula is C29H38ClN3O. The number of likely N-dealkylation sites (tertiary alicyclic amines) is 1. The van der Waals surface area contributed by atoms with Crippen LogP contribution in [0.25, 0.3) is 10.9 Å². The Labute approximate surface area is 209 Å². The van der Waals surface area contributed by atoms with Crippen molar-refractivity contribution in [2.45, 2.75) is 64.6 Å². The van der Waals surface area contributed by atoms with E-state index in [1.807, 2.05) is 24.3 Å². The predicted molar refractivity (Wildman–Crippen MR) is 142 cm³/mol. The summed E-state index contributed by atoms with van der Waals surface area (Å²) >= 11 is 6.09. The molecule has 3 heterocycles. The van der Waals surface area contributed by atoms with Crippen LogP contribution < -0.4 is 10.1 Å². The highest BCUT2D eigenvalue weighted by atomic mass is 35.5. The molecule has 2 aliphatic heterocycles.